The first-order valence-electron chi connectivity index (χ1n) is 6.12. The monoisotopic (exact) mass is 241 g/mol. The smallest absolute Gasteiger partial charge is 0.185 e. The Labute approximate surface area is 106 Å². The molecule has 3 rings (SSSR count). The standard InChI is InChI=1S/C14H15N3O/c18-11-14-15-8-13-10-16(6-7-17(13)14)9-12-4-2-1-3-5-12/h1-5,8,11H,6-7,9-10H2. The highest BCUT2D eigenvalue weighted by atomic mass is 16.1. The van der Waals surface area contributed by atoms with Crippen LogP contribution in [-0.2, 0) is 19.6 Å². The van der Waals surface area contributed by atoms with Crippen LogP contribution in [0.4, 0.5) is 0 Å². The number of hydrogen-bond acceptors (Lipinski definition) is 3. The molecule has 0 saturated heterocycles. The Morgan fingerprint density at radius 2 is 2.06 bits per heavy atom. The predicted molar refractivity (Wildman–Crippen MR) is 68.2 cm³/mol. The molecule has 0 saturated carbocycles. The Balaban J connectivity index is 1.73. The van der Waals surface area contributed by atoms with E-state index in [0.717, 1.165) is 38.2 Å². The molecule has 0 spiro atoms. The number of benzene rings is 1. The molecule has 1 aromatic heterocycles. The maximum atomic E-state index is 10.8. The number of hydrogen-bond donors (Lipinski definition) is 0. The van der Waals surface area contributed by atoms with E-state index in [1.54, 1.807) is 6.20 Å². The van der Waals surface area contributed by atoms with Crippen LogP contribution in [0.2, 0.25) is 0 Å². The Morgan fingerprint density at radius 3 is 2.83 bits per heavy atom. The van der Waals surface area contributed by atoms with Crippen molar-refractivity contribution in [1.82, 2.24) is 14.5 Å². The molecule has 1 aromatic carbocycles. The molecule has 2 heterocycles. The summed E-state index contributed by atoms with van der Waals surface area (Å²) in [7, 11) is 0. The molecule has 0 atom stereocenters. The lowest BCUT2D eigenvalue weighted by Crippen LogP contribution is -2.33. The van der Waals surface area contributed by atoms with E-state index >= 15 is 0 Å². The van der Waals surface area contributed by atoms with Crippen molar-refractivity contribution in [3.63, 3.8) is 0 Å². The zero-order valence-electron chi connectivity index (χ0n) is 10.1. The van der Waals surface area contributed by atoms with E-state index in [4.69, 9.17) is 0 Å². The lowest BCUT2D eigenvalue weighted by molar-refractivity contribution is 0.110. The molecule has 18 heavy (non-hydrogen) atoms. The van der Waals surface area contributed by atoms with E-state index in [-0.39, 0.29) is 0 Å². The van der Waals surface area contributed by atoms with Gasteiger partial charge in [0.25, 0.3) is 0 Å². The van der Waals surface area contributed by atoms with Gasteiger partial charge in [0.15, 0.2) is 12.1 Å². The van der Waals surface area contributed by atoms with Crippen LogP contribution in [0.3, 0.4) is 0 Å². The van der Waals surface area contributed by atoms with Gasteiger partial charge in [0, 0.05) is 26.2 Å². The molecule has 0 bridgehead atoms. The number of aldehydes is 1. The lowest BCUT2D eigenvalue weighted by Gasteiger charge is -2.28. The Bertz CT molecular complexity index is 547. The molecule has 1 aliphatic heterocycles. The summed E-state index contributed by atoms with van der Waals surface area (Å²) in [5.74, 6) is 0.546. The van der Waals surface area contributed by atoms with Gasteiger partial charge in [-0.1, -0.05) is 30.3 Å². The summed E-state index contributed by atoms with van der Waals surface area (Å²) in [6.07, 6.45) is 2.64. The second-order valence-electron chi connectivity index (χ2n) is 4.57. The van der Waals surface area contributed by atoms with Gasteiger partial charge in [-0.15, -0.1) is 0 Å². The molecule has 0 unspecified atom stereocenters. The van der Waals surface area contributed by atoms with Gasteiger partial charge in [-0.2, -0.15) is 0 Å². The molecule has 0 amide bonds. The van der Waals surface area contributed by atoms with Gasteiger partial charge in [-0.25, -0.2) is 4.98 Å². The average molecular weight is 241 g/mol. The number of carbonyl (C=O) groups excluding carboxylic acids is 1. The van der Waals surface area contributed by atoms with Gasteiger partial charge >= 0.3 is 0 Å². The summed E-state index contributed by atoms with van der Waals surface area (Å²) in [6.45, 7) is 3.60. The van der Waals surface area contributed by atoms with Crippen LogP contribution in [-0.4, -0.2) is 27.3 Å². The van der Waals surface area contributed by atoms with Gasteiger partial charge in [0.1, 0.15) is 0 Å². The molecule has 0 N–H and O–H groups in total. The first kappa shape index (κ1) is 11.2. The van der Waals surface area contributed by atoms with Gasteiger partial charge in [0.05, 0.1) is 11.9 Å². The van der Waals surface area contributed by atoms with Crippen LogP contribution in [0.5, 0.6) is 0 Å². The van der Waals surface area contributed by atoms with Crippen LogP contribution in [0.1, 0.15) is 21.9 Å². The number of rotatable bonds is 3. The van der Waals surface area contributed by atoms with Crippen molar-refractivity contribution >= 4 is 6.29 Å². The molecule has 0 aliphatic carbocycles. The van der Waals surface area contributed by atoms with E-state index in [2.05, 4.69) is 34.1 Å². The van der Waals surface area contributed by atoms with Crippen molar-refractivity contribution < 1.29 is 4.79 Å². The normalized spacial score (nSPS) is 15.3. The topological polar surface area (TPSA) is 38.1 Å². The zero-order valence-corrected chi connectivity index (χ0v) is 10.1. The minimum atomic E-state index is 0.546. The fraction of sp³-hybridized carbons (Fsp3) is 0.286. The van der Waals surface area contributed by atoms with E-state index in [0.29, 0.717) is 5.82 Å². The Hall–Kier alpha value is -1.94. The van der Waals surface area contributed by atoms with Crippen molar-refractivity contribution in [3.05, 3.63) is 53.6 Å². The van der Waals surface area contributed by atoms with Crippen LogP contribution in [0.15, 0.2) is 36.5 Å². The SMILES string of the molecule is O=Cc1ncc2n1CCN(Cc1ccccc1)C2. The van der Waals surface area contributed by atoms with Crippen LogP contribution in [0, 0.1) is 0 Å². The number of nitrogens with zero attached hydrogens (tertiary/aromatic N) is 3. The van der Waals surface area contributed by atoms with Crippen molar-refractivity contribution in [2.24, 2.45) is 0 Å². The van der Waals surface area contributed by atoms with Crippen LogP contribution in [0.25, 0.3) is 0 Å². The number of aromatic nitrogens is 2. The number of fused-ring (bicyclic) bond motifs is 1. The van der Waals surface area contributed by atoms with E-state index in [1.807, 2.05) is 10.6 Å². The first-order chi connectivity index (χ1) is 8.86. The van der Waals surface area contributed by atoms with Gasteiger partial charge in [-0.3, -0.25) is 9.69 Å². The van der Waals surface area contributed by atoms with Crippen LogP contribution >= 0.6 is 0 Å². The maximum absolute atomic E-state index is 10.8. The fourth-order valence-electron chi connectivity index (χ4n) is 2.43. The molecule has 4 heteroatoms. The van der Waals surface area contributed by atoms with Gasteiger partial charge in [-0.05, 0) is 5.56 Å². The van der Waals surface area contributed by atoms with E-state index in [1.165, 1.54) is 5.56 Å². The van der Waals surface area contributed by atoms with Gasteiger partial charge in [0.2, 0.25) is 0 Å². The second-order valence-corrected chi connectivity index (χ2v) is 4.57. The molecule has 4 nitrogen and oxygen atoms in total. The molecule has 1 aliphatic rings. The molecular weight excluding hydrogens is 226 g/mol. The van der Waals surface area contributed by atoms with Crippen molar-refractivity contribution in [2.45, 2.75) is 19.6 Å². The number of carbonyl (C=O) groups is 1. The summed E-state index contributed by atoms with van der Waals surface area (Å²) in [6, 6.07) is 10.4. The third kappa shape index (κ3) is 2.07. The average Bonchev–Trinajstić information content (AvgIpc) is 2.82. The third-order valence-electron chi connectivity index (χ3n) is 3.35. The van der Waals surface area contributed by atoms with Crippen molar-refractivity contribution in [2.75, 3.05) is 6.54 Å². The summed E-state index contributed by atoms with van der Waals surface area (Å²) in [5.41, 5.74) is 2.44. The Morgan fingerprint density at radius 1 is 1.22 bits per heavy atom. The molecule has 92 valence electrons. The highest BCUT2D eigenvalue weighted by molar-refractivity contribution is 5.69. The Kier molecular flexibility index (Phi) is 2.94. The summed E-state index contributed by atoms with van der Waals surface area (Å²) in [5, 5.41) is 0. The first-order valence-corrected chi connectivity index (χ1v) is 6.12. The summed E-state index contributed by atoms with van der Waals surface area (Å²) < 4.78 is 2.01. The molecule has 0 fully saturated rings. The maximum Gasteiger partial charge on any atom is 0.185 e. The summed E-state index contributed by atoms with van der Waals surface area (Å²) >= 11 is 0. The highest BCUT2D eigenvalue weighted by Crippen LogP contribution is 2.16. The summed E-state index contributed by atoms with van der Waals surface area (Å²) in [4.78, 5) is 17.3. The fourth-order valence-corrected chi connectivity index (χ4v) is 2.43. The van der Waals surface area contributed by atoms with E-state index < -0.39 is 0 Å². The molecule has 0 radical (unpaired) electrons. The largest absolute Gasteiger partial charge is 0.323 e. The van der Waals surface area contributed by atoms with E-state index in [9.17, 15) is 4.79 Å². The molecular formula is C14H15N3O. The zero-order chi connectivity index (χ0) is 12.4. The van der Waals surface area contributed by atoms with Crippen molar-refractivity contribution in [3.8, 4) is 0 Å². The van der Waals surface area contributed by atoms with Crippen LogP contribution < -0.4 is 0 Å². The second kappa shape index (κ2) is 4.74. The van der Waals surface area contributed by atoms with Crippen molar-refractivity contribution in [1.29, 1.82) is 0 Å². The predicted octanol–water partition coefficient (Wildman–Crippen LogP) is 1.71. The minimum Gasteiger partial charge on any atom is -0.323 e. The number of imidazole rings is 1. The lowest BCUT2D eigenvalue weighted by atomic mass is 10.2. The van der Waals surface area contributed by atoms with Gasteiger partial charge < -0.3 is 4.57 Å². The highest BCUT2D eigenvalue weighted by Gasteiger charge is 2.18. The quantitative estimate of drug-likeness (QED) is 0.768. The third-order valence-corrected chi connectivity index (χ3v) is 3.35. The molecule has 2 aromatic rings. The minimum absolute atomic E-state index is 0.546.